The van der Waals surface area contributed by atoms with Crippen LogP contribution in [0.1, 0.15) is 63.0 Å². The number of aromatic carboxylic acids is 1. The first-order chi connectivity index (χ1) is 17.9. The Balaban J connectivity index is 1.50. The minimum absolute atomic E-state index is 0.240. The summed E-state index contributed by atoms with van der Waals surface area (Å²) in [5, 5.41) is 10.3. The summed E-state index contributed by atoms with van der Waals surface area (Å²) in [6, 6.07) is 20.7. The average molecular weight is 518 g/mol. The predicted octanol–water partition coefficient (Wildman–Crippen LogP) is 7.48. The van der Waals surface area contributed by atoms with Gasteiger partial charge in [-0.05, 0) is 108 Å². The first-order valence-electron chi connectivity index (χ1n) is 13.2. The zero-order valence-corrected chi connectivity index (χ0v) is 22.0. The van der Waals surface area contributed by atoms with Gasteiger partial charge in [-0.25, -0.2) is 4.79 Å². The maximum Gasteiger partial charge on any atom is 0.335 e. The van der Waals surface area contributed by atoms with Crippen molar-refractivity contribution in [2.45, 2.75) is 39.0 Å². The number of likely N-dealkylation sites (tertiary alicyclic amines) is 1. The minimum Gasteiger partial charge on any atom is -0.478 e. The summed E-state index contributed by atoms with van der Waals surface area (Å²) in [5.74, 6) is -0.269. The molecule has 0 aromatic heterocycles. The lowest BCUT2D eigenvalue weighted by Gasteiger charge is -2.39. The molecule has 0 saturated carbocycles. The van der Waals surface area contributed by atoms with Crippen molar-refractivity contribution in [1.82, 2.24) is 4.90 Å². The zero-order chi connectivity index (χ0) is 25.9. The van der Waals surface area contributed by atoms with E-state index < -0.39 is 5.97 Å². The number of halogens is 2. The monoisotopic (exact) mass is 517 g/mol. The lowest BCUT2D eigenvalue weighted by Crippen LogP contribution is -2.47. The van der Waals surface area contributed by atoms with Crippen LogP contribution in [0.25, 0.3) is 11.1 Å². The van der Waals surface area contributed by atoms with Gasteiger partial charge >= 0.3 is 5.97 Å². The molecule has 0 spiro atoms. The number of benzene rings is 3. The van der Waals surface area contributed by atoms with E-state index in [0.29, 0.717) is 17.9 Å². The van der Waals surface area contributed by atoms with Gasteiger partial charge in [-0.2, -0.15) is 0 Å². The Labute approximate surface area is 223 Å². The van der Waals surface area contributed by atoms with Crippen LogP contribution in [0, 0.1) is 12.8 Å². The second-order valence-electron chi connectivity index (χ2n) is 10.4. The highest BCUT2D eigenvalue weighted by Crippen LogP contribution is 2.41. The number of alkyl halides is 1. The van der Waals surface area contributed by atoms with Gasteiger partial charge in [-0.3, -0.25) is 4.39 Å². The van der Waals surface area contributed by atoms with Crippen LogP contribution in [-0.2, 0) is 12.8 Å². The molecule has 1 aliphatic heterocycles. The normalized spacial score (nSPS) is 16.3. The SMILES string of the molecule is Cc1ccc(C2=C(c3ccc(CC4CN(CCCF)C4)cc3)c3ccc(C(=O)O)cc3CCC2)cc1Cl. The molecular weight excluding hydrogens is 485 g/mol. The summed E-state index contributed by atoms with van der Waals surface area (Å²) >= 11 is 6.54. The molecule has 3 aromatic carbocycles. The van der Waals surface area contributed by atoms with Gasteiger partial charge < -0.3 is 10.0 Å². The van der Waals surface area contributed by atoms with Crippen LogP contribution in [0.2, 0.25) is 5.02 Å². The number of carbonyl (C=O) groups is 1. The van der Waals surface area contributed by atoms with Gasteiger partial charge in [-0.15, -0.1) is 0 Å². The van der Waals surface area contributed by atoms with E-state index in [1.807, 2.05) is 19.1 Å². The topological polar surface area (TPSA) is 40.5 Å². The van der Waals surface area contributed by atoms with Gasteiger partial charge in [-0.1, -0.05) is 54.1 Å². The van der Waals surface area contributed by atoms with Crippen LogP contribution < -0.4 is 0 Å². The predicted molar refractivity (Wildman–Crippen MR) is 149 cm³/mol. The molecule has 3 aromatic rings. The number of fused-ring (bicyclic) bond motifs is 1. The second kappa shape index (κ2) is 11.2. The third-order valence-electron chi connectivity index (χ3n) is 7.72. The van der Waals surface area contributed by atoms with Gasteiger partial charge in [0, 0.05) is 24.7 Å². The van der Waals surface area contributed by atoms with E-state index in [4.69, 9.17) is 11.6 Å². The molecule has 0 unspecified atom stereocenters. The van der Waals surface area contributed by atoms with Crippen LogP contribution in [0.15, 0.2) is 60.7 Å². The number of rotatable bonds is 8. The summed E-state index contributed by atoms with van der Waals surface area (Å²) in [6.45, 7) is 4.72. The Morgan fingerprint density at radius 1 is 1.03 bits per heavy atom. The molecule has 37 heavy (non-hydrogen) atoms. The molecule has 192 valence electrons. The summed E-state index contributed by atoms with van der Waals surface area (Å²) < 4.78 is 12.4. The zero-order valence-electron chi connectivity index (χ0n) is 21.3. The third kappa shape index (κ3) is 5.66. The van der Waals surface area contributed by atoms with Crippen LogP contribution >= 0.6 is 11.6 Å². The molecule has 1 aliphatic carbocycles. The first-order valence-corrected chi connectivity index (χ1v) is 13.5. The molecule has 1 heterocycles. The fourth-order valence-corrected chi connectivity index (χ4v) is 5.91. The summed E-state index contributed by atoms with van der Waals surface area (Å²) in [7, 11) is 0. The number of aryl methyl sites for hydroxylation is 2. The lowest BCUT2D eigenvalue weighted by molar-refractivity contribution is 0.0696. The number of carboxylic acids is 1. The Morgan fingerprint density at radius 2 is 1.78 bits per heavy atom. The molecule has 0 radical (unpaired) electrons. The Morgan fingerprint density at radius 3 is 2.49 bits per heavy atom. The Bertz CT molecular complexity index is 1330. The van der Waals surface area contributed by atoms with Gasteiger partial charge in [0.2, 0.25) is 0 Å². The Kier molecular flexibility index (Phi) is 7.78. The van der Waals surface area contributed by atoms with Gasteiger partial charge in [0.1, 0.15) is 0 Å². The summed E-state index contributed by atoms with van der Waals surface area (Å²) in [5.41, 5.74) is 9.55. The molecule has 2 aliphatic rings. The van der Waals surface area contributed by atoms with E-state index in [1.165, 1.54) is 11.1 Å². The molecular formula is C32H33ClFNO2. The quantitative estimate of drug-likeness (QED) is 0.337. The maximum atomic E-state index is 12.4. The highest BCUT2D eigenvalue weighted by molar-refractivity contribution is 6.31. The molecule has 0 bridgehead atoms. The van der Waals surface area contributed by atoms with E-state index in [1.54, 1.807) is 6.07 Å². The van der Waals surface area contributed by atoms with Crippen molar-refractivity contribution in [3.63, 3.8) is 0 Å². The molecule has 5 rings (SSSR count). The van der Waals surface area contributed by atoms with Crippen molar-refractivity contribution in [1.29, 1.82) is 0 Å². The van der Waals surface area contributed by atoms with Gasteiger partial charge in [0.05, 0.1) is 12.2 Å². The molecule has 1 N–H and O–H groups in total. The van der Waals surface area contributed by atoms with E-state index in [2.05, 4.69) is 47.4 Å². The van der Waals surface area contributed by atoms with Gasteiger partial charge in [0.15, 0.2) is 0 Å². The summed E-state index contributed by atoms with van der Waals surface area (Å²) in [4.78, 5) is 14.0. The molecule has 1 fully saturated rings. The van der Waals surface area contributed by atoms with Crippen molar-refractivity contribution < 1.29 is 14.3 Å². The standard InChI is InChI=1S/C32H33ClFNO2/c1-21-6-9-26(18-30(21)33)28-5-2-4-25-17-27(32(36)37)12-13-29(25)31(28)24-10-7-22(8-11-24)16-23-19-35(20-23)15-3-14-34/h6-13,17-18,23H,2-5,14-16,19-20H2,1H3,(H,36,37). The molecule has 1 saturated heterocycles. The third-order valence-corrected chi connectivity index (χ3v) is 8.13. The highest BCUT2D eigenvalue weighted by Gasteiger charge is 2.26. The molecule has 0 atom stereocenters. The fourth-order valence-electron chi connectivity index (χ4n) is 5.73. The van der Waals surface area contributed by atoms with E-state index >= 15 is 0 Å². The van der Waals surface area contributed by atoms with Crippen LogP contribution in [0.5, 0.6) is 0 Å². The molecule has 5 heteroatoms. The van der Waals surface area contributed by atoms with E-state index in [9.17, 15) is 14.3 Å². The molecule has 3 nitrogen and oxygen atoms in total. The number of hydrogen-bond donors (Lipinski definition) is 1. The first kappa shape index (κ1) is 25.7. The van der Waals surface area contributed by atoms with Crippen LogP contribution in [0.4, 0.5) is 4.39 Å². The van der Waals surface area contributed by atoms with Crippen molar-refractivity contribution in [2.24, 2.45) is 5.92 Å². The smallest absolute Gasteiger partial charge is 0.335 e. The second-order valence-corrected chi connectivity index (χ2v) is 10.8. The van der Waals surface area contributed by atoms with Gasteiger partial charge in [0.25, 0.3) is 0 Å². The largest absolute Gasteiger partial charge is 0.478 e. The average Bonchev–Trinajstić information content (AvgIpc) is 3.06. The minimum atomic E-state index is -0.897. The van der Waals surface area contributed by atoms with E-state index in [0.717, 1.165) is 83.7 Å². The fraction of sp³-hybridized carbons (Fsp3) is 0.344. The highest BCUT2D eigenvalue weighted by atomic mass is 35.5. The van der Waals surface area contributed by atoms with Crippen LogP contribution in [-0.4, -0.2) is 42.3 Å². The van der Waals surface area contributed by atoms with E-state index in [-0.39, 0.29) is 6.67 Å². The Hall–Kier alpha value is -2.95. The van der Waals surface area contributed by atoms with Crippen molar-refractivity contribution in [2.75, 3.05) is 26.3 Å². The number of carboxylic acid groups (broad SMARTS) is 1. The number of allylic oxidation sites excluding steroid dienone is 1. The van der Waals surface area contributed by atoms with Crippen molar-refractivity contribution >= 4 is 28.7 Å². The van der Waals surface area contributed by atoms with Crippen molar-refractivity contribution in [3.05, 3.63) is 105 Å². The van der Waals surface area contributed by atoms with Crippen LogP contribution in [0.3, 0.4) is 0 Å². The maximum absolute atomic E-state index is 12.4. The number of hydrogen-bond acceptors (Lipinski definition) is 2. The molecule has 0 amide bonds. The van der Waals surface area contributed by atoms with Crippen molar-refractivity contribution in [3.8, 4) is 0 Å². The summed E-state index contributed by atoms with van der Waals surface area (Å²) in [6.07, 6.45) is 4.33. The lowest BCUT2D eigenvalue weighted by atomic mass is 9.86. The number of nitrogens with zero attached hydrogens (tertiary/aromatic N) is 1.